The molecule has 1 aliphatic heterocycles. The van der Waals surface area contributed by atoms with Gasteiger partial charge >= 0.3 is 6.09 Å². The molecule has 2 aromatic carbocycles. The number of piperidine rings is 1. The Bertz CT molecular complexity index is 1130. The summed E-state index contributed by atoms with van der Waals surface area (Å²) >= 11 is 6.33. The van der Waals surface area contributed by atoms with Gasteiger partial charge in [-0.05, 0) is 57.9 Å². The van der Waals surface area contributed by atoms with Crippen LogP contribution < -0.4 is 4.90 Å². The molecule has 0 N–H and O–H groups in total. The quantitative estimate of drug-likeness (QED) is 0.487. The number of nitrogens with zero attached hydrogens (tertiary/aromatic N) is 4. The predicted octanol–water partition coefficient (Wildman–Crippen LogP) is 5.71. The molecule has 0 unspecified atom stereocenters. The Balaban J connectivity index is 1.56. The number of aromatic nitrogens is 2. The smallest absolute Gasteiger partial charge is 0.410 e. The number of halogens is 2. The lowest BCUT2D eigenvalue weighted by Crippen LogP contribution is -2.47. The van der Waals surface area contributed by atoms with Crippen LogP contribution in [0.3, 0.4) is 0 Å². The molecule has 0 saturated carbocycles. The third kappa shape index (κ3) is 5.08. The highest BCUT2D eigenvalue weighted by Gasteiger charge is 2.30. The second-order valence-electron chi connectivity index (χ2n) is 9.50. The Morgan fingerprint density at radius 1 is 1.18 bits per heavy atom. The van der Waals surface area contributed by atoms with Crippen molar-refractivity contribution in [2.45, 2.75) is 51.8 Å². The van der Waals surface area contributed by atoms with Gasteiger partial charge in [-0.3, -0.25) is 0 Å². The van der Waals surface area contributed by atoms with Gasteiger partial charge in [-0.15, -0.1) is 0 Å². The number of carbonyl (C=O) groups is 1. The van der Waals surface area contributed by atoms with Crippen molar-refractivity contribution in [1.82, 2.24) is 14.5 Å². The minimum Gasteiger partial charge on any atom is -0.444 e. The first-order valence-electron chi connectivity index (χ1n) is 11.2. The minimum atomic E-state index is -0.523. The fourth-order valence-corrected chi connectivity index (χ4v) is 4.46. The van der Waals surface area contributed by atoms with Gasteiger partial charge in [0.15, 0.2) is 0 Å². The molecule has 0 radical (unpaired) electrons. The number of carbonyl (C=O) groups excluding carboxylic acids is 1. The normalized spacial score (nSPS) is 15.2. The molecule has 33 heavy (non-hydrogen) atoms. The second-order valence-corrected chi connectivity index (χ2v) is 9.90. The Kier molecular flexibility index (Phi) is 6.52. The maximum absolute atomic E-state index is 14.6. The molecule has 1 fully saturated rings. The maximum Gasteiger partial charge on any atom is 0.410 e. The SMILES string of the molecule is CN(C(=O)OC(C)(C)C)C1CCN(c2nc3ccccc3n2Cc2c(F)cccc2Cl)CC1. The van der Waals surface area contributed by atoms with E-state index in [1.807, 2.05) is 49.6 Å². The summed E-state index contributed by atoms with van der Waals surface area (Å²) in [5, 5.41) is 0.399. The number of imidazole rings is 1. The molecule has 8 heteroatoms. The third-order valence-electron chi connectivity index (χ3n) is 5.99. The van der Waals surface area contributed by atoms with Gasteiger partial charge in [0.25, 0.3) is 0 Å². The minimum absolute atomic E-state index is 0.0925. The van der Waals surface area contributed by atoms with Crippen LogP contribution in [0.25, 0.3) is 11.0 Å². The van der Waals surface area contributed by atoms with E-state index in [9.17, 15) is 9.18 Å². The van der Waals surface area contributed by atoms with Gasteiger partial charge < -0.3 is 19.1 Å². The fourth-order valence-electron chi connectivity index (χ4n) is 4.24. The number of amides is 1. The van der Waals surface area contributed by atoms with Crippen molar-refractivity contribution >= 4 is 34.7 Å². The molecule has 6 nitrogen and oxygen atoms in total. The van der Waals surface area contributed by atoms with Gasteiger partial charge in [0.2, 0.25) is 5.95 Å². The Morgan fingerprint density at radius 2 is 1.88 bits per heavy atom. The number of para-hydroxylation sites is 2. The van der Waals surface area contributed by atoms with E-state index in [4.69, 9.17) is 21.3 Å². The maximum atomic E-state index is 14.6. The van der Waals surface area contributed by atoms with Gasteiger partial charge in [-0.2, -0.15) is 0 Å². The van der Waals surface area contributed by atoms with Crippen LogP contribution in [0, 0.1) is 5.82 Å². The van der Waals surface area contributed by atoms with Crippen LogP contribution in [0.15, 0.2) is 42.5 Å². The summed E-state index contributed by atoms with van der Waals surface area (Å²) in [6, 6.07) is 12.7. The van der Waals surface area contributed by atoms with Gasteiger partial charge in [0.1, 0.15) is 11.4 Å². The average Bonchev–Trinajstić information content (AvgIpc) is 3.13. The summed E-state index contributed by atoms with van der Waals surface area (Å²) < 4.78 is 22.1. The number of fused-ring (bicyclic) bond motifs is 1. The van der Waals surface area contributed by atoms with Crippen molar-refractivity contribution in [3.05, 3.63) is 58.9 Å². The number of ether oxygens (including phenoxy) is 1. The third-order valence-corrected chi connectivity index (χ3v) is 6.34. The first-order valence-corrected chi connectivity index (χ1v) is 11.6. The topological polar surface area (TPSA) is 50.6 Å². The molecular weight excluding hydrogens is 443 g/mol. The summed E-state index contributed by atoms with van der Waals surface area (Å²) in [4.78, 5) is 21.2. The lowest BCUT2D eigenvalue weighted by atomic mass is 10.0. The monoisotopic (exact) mass is 472 g/mol. The van der Waals surface area contributed by atoms with E-state index in [0.29, 0.717) is 17.1 Å². The number of hydrogen-bond donors (Lipinski definition) is 0. The highest BCUT2D eigenvalue weighted by molar-refractivity contribution is 6.31. The summed E-state index contributed by atoms with van der Waals surface area (Å²) in [5.41, 5.74) is 1.71. The van der Waals surface area contributed by atoms with E-state index in [1.165, 1.54) is 6.07 Å². The number of anilines is 1. The van der Waals surface area contributed by atoms with Crippen molar-refractivity contribution in [3.63, 3.8) is 0 Å². The second kappa shape index (κ2) is 9.21. The van der Waals surface area contributed by atoms with Crippen molar-refractivity contribution < 1.29 is 13.9 Å². The highest BCUT2D eigenvalue weighted by Crippen LogP contribution is 2.30. The molecular formula is C25H30ClFN4O2. The van der Waals surface area contributed by atoms with E-state index >= 15 is 0 Å². The van der Waals surface area contributed by atoms with Gasteiger partial charge in [-0.25, -0.2) is 14.2 Å². The van der Waals surface area contributed by atoms with Crippen molar-refractivity contribution in [2.24, 2.45) is 0 Å². The van der Waals surface area contributed by atoms with E-state index in [-0.39, 0.29) is 18.0 Å². The zero-order valence-electron chi connectivity index (χ0n) is 19.5. The van der Waals surface area contributed by atoms with Crippen molar-refractivity contribution in [2.75, 3.05) is 25.0 Å². The molecule has 0 atom stereocenters. The van der Waals surface area contributed by atoms with Crippen LogP contribution >= 0.6 is 11.6 Å². The van der Waals surface area contributed by atoms with Crippen molar-refractivity contribution in [3.8, 4) is 0 Å². The van der Waals surface area contributed by atoms with E-state index in [2.05, 4.69) is 4.90 Å². The lowest BCUT2D eigenvalue weighted by molar-refractivity contribution is 0.0200. The first kappa shape index (κ1) is 23.4. The van der Waals surface area contributed by atoms with Crippen LogP contribution in [0.2, 0.25) is 5.02 Å². The van der Waals surface area contributed by atoms with Crippen LogP contribution in [0.5, 0.6) is 0 Å². The largest absolute Gasteiger partial charge is 0.444 e. The summed E-state index contributed by atoms with van der Waals surface area (Å²) in [6.07, 6.45) is 1.28. The average molecular weight is 473 g/mol. The number of hydrogen-bond acceptors (Lipinski definition) is 4. The molecule has 0 spiro atoms. The number of benzene rings is 2. The predicted molar refractivity (Wildman–Crippen MR) is 129 cm³/mol. The molecule has 1 aromatic heterocycles. The lowest BCUT2D eigenvalue weighted by Gasteiger charge is -2.37. The molecule has 1 amide bonds. The Labute approximate surface area is 198 Å². The zero-order valence-corrected chi connectivity index (χ0v) is 20.3. The summed E-state index contributed by atoms with van der Waals surface area (Å²) in [7, 11) is 1.80. The number of rotatable bonds is 4. The molecule has 3 aromatic rings. The van der Waals surface area contributed by atoms with E-state index < -0.39 is 5.60 Å². The van der Waals surface area contributed by atoms with Gasteiger partial charge in [-0.1, -0.05) is 29.8 Å². The summed E-state index contributed by atoms with van der Waals surface area (Å²) in [5.74, 6) is 0.456. The Hall–Kier alpha value is -2.80. The summed E-state index contributed by atoms with van der Waals surface area (Å²) in [6.45, 7) is 7.35. The molecule has 176 valence electrons. The van der Waals surface area contributed by atoms with E-state index in [1.54, 1.807) is 24.1 Å². The Morgan fingerprint density at radius 3 is 2.55 bits per heavy atom. The molecule has 0 bridgehead atoms. The zero-order chi connectivity index (χ0) is 23.8. The van der Waals surface area contributed by atoms with Crippen molar-refractivity contribution in [1.29, 1.82) is 0 Å². The van der Waals surface area contributed by atoms with E-state index in [0.717, 1.165) is 42.9 Å². The first-order chi connectivity index (χ1) is 15.6. The highest BCUT2D eigenvalue weighted by atomic mass is 35.5. The van der Waals surface area contributed by atoms with Crippen LogP contribution in [-0.4, -0.2) is 52.3 Å². The van der Waals surface area contributed by atoms with Crippen LogP contribution in [-0.2, 0) is 11.3 Å². The molecule has 2 heterocycles. The molecule has 0 aliphatic carbocycles. The molecule has 1 saturated heterocycles. The van der Waals surface area contributed by atoms with Gasteiger partial charge in [0, 0.05) is 36.8 Å². The van der Waals surface area contributed by atoms with Gasteiger partial charge in [0.05, 0.1) is 17.6 Å². The molecule has 1 aliphatic rings. The van der Waals surface area contributed by atoms with Crippen LogP contribution in [0.1, 0.15) is 39.2 Å². The fraction of sp³-hybridized carbons (Fsp3) is 0.440. The standard InChI is InChI=1S/C25H30ClFN4O2/c1-25(2,3)33-24(32)29(4)17-12-14-30(15-13-17)23-28-21-10-5-6-11-22(21)31(23)16-18-19(26)8-7-9-20(18)27/h5-11,17H,12-16H2,1-4H3. The molecule has 4 rings (SSSR count). The van der Waals surface area contributed by atoms with Crippen LogP contribution in [0.4, 0.5) is 15.1 Å².